The molecule has 3 heteroatoms. The largest absolute Gasteiger partial charge is 0.384 e. The maximum atomic E-state index is 5.45. The highest BCUT2D eigenvalue weighted by Gasteiger charge is 2.22. The summed E-state index contributed by atoms with van der Waals surface area (Å²) in [7, 11) is 0. The zero-order valence-electron chi connectivity index (χ0n) is 6.16. The topological polar surface area (TPSA) is 38.9 Å². The first kappa shape index (κ1) is 6.98. The Bertz CT molecular complexity index is 241. The molecule has 0 spiro atoms. The highest BCUT2D eigenvalue weighted by Crippen LogP contribution is 2.38. The van der Waals surface area contributed by atoms with Gasteiger partial charge in [0.2, 0.25) is 0 Å². The number of nitrogens with zero attached hydrogens (tertiary/aromatic N) is 1. The number of anilines is 1. The van der Waals surface area contributed by atoms with E-state index < -0.39 is 0 Å². The number of nitrogen functional groups attached to an aromatic ring is 1. The minimum absolute atomic E-state index is 0.602. The van der Waals surface area contributed by atoms with Gasteiger partial charge in [-0.05, 0) is 25.0 Å². The van der Waals surface area contributed by atoms with E-state index >= 15 is 0 Å². The SMILES string of the molecule is Nc1ccc(SC2CC2)cn1. The number of thioether (sulfide) groups is 1. The molecule has 0 radical (unpaired) electrons. The highest BCUT2D eigenvalue weighted by molar-refractivity contribution is 8.00. The van der Waals surface area contributed by atoms with Gasteiger partial charge in [-0.3, -0.25) is 0 Å². The van der Waals surface area contributed by atoms with Gasteiger partial charge in [0.05, 0.1) is 0 Å². The van der Waals surface area contributed by atoms with E-state index in [2.05, 4.69) is 4.98 Å². The molecule has 1 saturated carbocycles. The fraction of sp³-hybridized carbons (Fsp3) is 0.375. The average molecular weight is 166 g/mol. The first-order valence-electron chi connectivity index (χ1n) is 3.73. The van der Waals surface area contributed by atoms with Crippen LogP contribution in [-0.4, -0.2) is 10.2 Å². The molecule has 58 valence electrons. The molecule has 2 rings (SSSR count). The summed E-state index contributed by atoms with van der Waals surface area (Å²) >= 11 is 1.90. The summed E-state index contributed by atoms with van der Waals surface area (Å²) in [5.41, 5.74) is 5.45. The van der Waals surface area contributed by atoms with E-state index in [0.717, 1.165) is 5.25 Å². The summed E-state index contributed by atoms with van der Waals surface area (Å²) in [6.45, 7) is 0. The van der Waals surface area contributed by atoms with Crippen LogP contribution in [0.15, 0.2) is 23.2 Å². The van der Waals surface area contributed by atoms with Crippen LogP contribution in [-0.2, 0) is 0 Å². The lowest BCUT2D eigenvalue weighted by Crippen LogP contribution is -1.88. The molecule has 1 aromatic rings. The summed E-state index contributed by atoms with van der Waals surface area (Å²) < 4.78 is 0. The second-order valence-corrected chi connectivity index (χ2v) is 4.11. The van der Waals surface area contributed by atoms with Gasteiger partial charge in [-0.25, -0.2) is 4.98 Å². The Morgan fingerprint density at radius 3 is 2.82 bits per heavy atom. The van der Waals surface area contributed by atoms with Crippen LogP contribution in [0.4, 0.5) is 5.82 Å². The fourth-order valence-electron chi connectivity index (χ4n) is 0.840. The van der Waals surface area contributed by atoms with Crippen molar-refractivity contribution in [1.29, 1.82) is 0 Å². The molecule has 0 aliphatic heterocycles. The van der Waals surface area contributed by atoms with Crippen molar-refractivity contribution in [2.24, 2.45) is 0 Å². The van der Waals surface area contributed by atoms with Crippen LogP contribution in [0.25, 0.3) is 0 Å². The minimum atomic E-state index is 0.602. The summed E-state index contributed by atoms with van der Waals surface area (Å²) in [6.07, 6.45) is 4.56. The molecule has 2 nitrogen and oxygen atoms in total. The van der Waals surface area contributed by atoms with Gasteiger partial charge in [0.15, 0.2) is 0 Å². The Balaban J connectivity index is 2.06. The van der Waals surface area contributed by atoms with E-state index in [-0.39, 0.29) is 0 Å². The van der Waals surface area contributed by atoms with Gasteiger partial charge in [0.1, 0.15) is 5.82 Å². The second kappa shape index (κ2) is 2.74. The summed E-state index contributed by atoms with van der Waals surface area (Å²) in [5, 5.41) is 0.848. The van der Waals surface area contributed by atoms with Crippen molar-refractivity contribution in [2.45, 2.75) is 23.0 Å². The molecular formula is C8H10N2S. The Labute approximate surface area is 70.2 Å². The summed E-state index contributed by atoms with van der Waals surface area (Å²) in [4.78, 5) is 5.25. The number of hydrogen-bond donors (Lipinski definition) is 1. The third-order valence-electron chi connectivity index (χ3n) is 1.59. The fourth-order valence-corrected chi connectivity index (χ4v) is 1.86. The van der Waals surface area contributed by atoms with E-state index in [4.69, 9.17) is 5.73 Å². The number of nitrogens with two attached hydrogens (primary N) is 1. The lowest BCUT2D eigenvalue weighted by molar-refractivity contribution is 1.24. The van der Waals surface area contributed by atoms with Crippen LogP contribution in [0.1, 0.15) is 12.8 Å². The van der Waals surface area contributed by atoms with Crippen molar-refractivity contribution < 1.29 is 0 Å². The van der Waals surface area contributed by atoms with Gasteiger partial charge in [-0.1, -0.05) is 0 Å². The Morgan fingerprint density at radius 1 is 1.45 bits per heavy atom. The van der Waals surface area contributed by atoms with Gasteiger partial charge in [-0.15, -0.1) is 11.8 Å². The Morgan fingerprint density at radius 2 is 2.27 bits per heavy atom. The molecule has 1 fully saturated rings. The average Bonchev–Trinajstić information content (AvgIpc) is 2.78. The van der Waals surface area contributed by atoms with Crippen LogP contribution in [0.3, 0.4) is 0 Å². The predicted molar refractivity (Wildman–Crippen MR) is 47.5 cm³/mol. The van der Waals surface area contributed by atoms with E-state index in [1.807, 2.05) is 30.1 Å². The first-order chi connectivity index (χ1) is 5.34. The standard InChI is InChI=1S/C8H10N2S/c9-8-4-3-7(5-10-8)11-6-1-2-6/h3-6H,1-2H2,(H2,9,10). The molecule has 11 heavy (non-hydrogen) atoms. The quantitative estimate of drug-likeness (QED) is 0.729. The van der Waals surface area contributed by atoms with E-state index in [9.17, 15) is 0 Å². The van der Waals surface area contributed by atoms with Crippen molar-refractivity contribution >= 4 is 17.6 Å². The van der Waals surface area contributed by atoms with Gasteiger partial charge < -0.3 is 5.73 Å². The molecule has 0 atom stereocenters. The van der Waals surface area contributed by atoms with Crippen molar-refractivity contribution in [3.05, 3.63) is 18.3 Å². The summed E-state index contributed by atoms with van der Waals surface area (Å²) in [5.74, 6) is 0.602. The number of rotatable bonds is 2. The van der Waals surface area contributed by atoms with Crippen LogP contribution < -0.4 is 5.73 Å². The van der Waals surface area contributed by atoms with Crippen molar-refractivity contribution in [1.82, 2.24) is 4.98 Å². The molecule has 1 aliphatic carbocycles. The minimum Gasteiger partial charge on any atom is -0.384 e. The van der Waals surface area contributed by atoms with Crippen molar-refractivity contribution in [2.75, 3.05) is 5.73 Å². The lowest BCUT2D eigenvalue weighted by atomic mass is 10.5. The maximum Gasteiger partial charge on any atom is 0.123 e. The number of pyridine rings is 1. The van der Waals surface area contributed by atoms with Crippen molar-refractivity contribution in [3.8, 4) is 0 Å². The van der Waals surface area contributed by atoms with Gasteiger partial charge in [0, 0.05) is 16.3 Å². The summed E-state index contributed by atoms with van der Waals surface area (Å²) in [6, 6.07) is 3.88. The van der Waals surface area contributed by atoms with Gasteiger partial charge >= 0.3 is 0 Å². The molecule has 0 unspecified atom stereocenters. The van der Waals surface area contributed by atoms with E-state index in [0.29, 0.717) is 5.82 Å². The molecule has 2 N–H and O–H groups in total. The lowest BCUT2D eigenvalue weighted by Gasteiger charge is -1.97. The Kier molecular flexibility index (Phi) is 1.74. The molecule has 1 heterocycles. The van der Waals surface area contributed by atoms with Crippen LogP contribution >= 0.6 is 11.8 Å². The van der Waals surface area contributed by atoms with Crippen LogP contribution in [0, 0.1) is 0 Å². The van der Waals surface area contributed by atoms with Gasteiger partial charge in [-0.2, -0.15) is 0 Å². The molecule has 1 aliphatic rings. The van der Waals surface area contributed by atoms with E-state index in [1.165, 1.54) is 17.7 Å². The molecule has 0 bridgehead atoms. The van der Waals surface area contributed by atoms with Crippen LogP contribution in [0.2, 0.25) is 0 Å². The Hall–Kier alpha value is -0.700. The second-order valence-electron chi connectivity index (χ2n) is 2.74. The predicted octanol–water partition coefficient (Wildman–Crippen LogP) is 1.92. The first-order valence-corrected chi connectivity index (χ1v) is 4.61. The molecule has 1 aromatic heterocycles. The monoisotopic (exact) mass is 166 g/mol. The molecular weight excluding hydrogens is 156 g/mol. The maximum absolute atomic E-state index is 5.45. The van der Waals surface area contributed by atoms with E-state index in [1.54, 1.807) is 0 Å². The molecule has 0 aromatic carbocycles. The van der Waals surface area contributed by atoms with Crippen molar-refractivity contribution in [3.63, 3.8) is 0 Å². The third-order valence-corrected chi connectivity index (χ3v) is 2.90. The van der Waals surface area contributed by atoms with Gasteiger partial charge in [0.25, 0.3) is 0 Å². The highest BCUT2D eigenvalue weighted by atomic mass is 32.2. The third kappa shape index (κ3) is 1.87. The van der Waals surface area contributed by atoms with Crippen LogP contribution in [0.5, 0.6) is 0 Å². The molecule has 0 amide bonds. The zero-order valence-corrected chi connectivity index (χ0v) is 6.97. The number of hydrogen-bond acceptors (Lipinski definition) is 3. The number of aromatic nitrogens is 1. The normalized spacial score (nSPS) is 16.7. The zero-order chi connectivity index (χ0) is 7.68. The molecule has 0 saturated heterocycles. The smallest absolute Gasteiger partial charge is 0.123 e.